The Bertz CT molecular complexity index is 970. The minimum atomic E-state index is -0.362. The highest BCUT2D eigenvalue weighted by molar-refractivity contribution is 7.16. The first kappa shape index (κ1) is 19.6. The van der Waals surface area contributed by atoms with Crippen LogP contribution in [0, 0.1) is 6.92 Å². The van der Waals surface area contributed by atoms with Crippen molar-refractivity contribution in [1.82, 2.24) is 10.3 Å². The minimum Gasteiger partial charge on any atom is -0.493 e. The SMILES string of the molecule is CCOc1ccccc1C(=O)NCC(=O)Nc1nc(-c2ccccc2)c(C)s1. The van der Waals surface area contributed by atoms with Gasteiger partial charge in [-0.05, 0) is 26.0 Å². The average molecular weight is 395 g/mol. The summed E-state index contributed by atoms with van der Waals surface area (Å²) in [6, 6.07) is 16.7. The molecule has 0 aliphatic carbocycles. The van der Waals surface area contributed by atoms with Crippen LogP contribution in [-0.4, -0.2) is 29.9 Å². The van der Waals surface area contributed by atoms with Gasteiger partial charge >= 0.3 is 0 Å². The summed E-state index contributed by atoms with van der Waals surface area (Å²) in [7, 11) is 0. The molecule has 144 valence electrons. The summed E-state index contributed by atoms with van der Waals surface area (Å²) in [6.07, 6.45) is 0. The van der Waals surface area contributed by atoms with Gasteiger partial charge < -0.3 is 15.4 Å². The van der Waals surface area contributed by atoms with Gasteiger partial charge in [-0.1, -0.05) is 42.5 Å². The molecule has 3 rings (SSSR count). The molecule has 1 aromatic heterocycles. The van der Waals surface area contributed by atoms with E-state index >= 15 is 0 Å². The number of nitrogens with zero attached hydrogens (tertiary/aromatic N) is 1. The molecule has 1 heterocycles. The molecule has 0 aliphatic heterocycles. The van der Waals surface area contributed by atoms with Gasteiger partial charge in [0.1, 0.15) is 5.75 Å². The van der Waals surface area contributed by atoms with Crippen molar-refractivity contribution in [2.24, 2.45) is 0 Å². The number of ether oxygens (including phenoxy) is 1. The molecule has 0 saturated heterocycles. The summed E-state index contributed by atoms with van der Waals surface area (Å²) < 4.78 is 5.45. The van der Waals surface area contributed by atoms with Crippen LogP contribution in [0.1, 0.15) is 22.2 Å². The van der Waals surface area contributed by atoms with Crippen LogP contribution in [0.25, 0.3) is 11.3 Å². The van der Waals surface area contributed by atoms with Crippen molar-refractivity contribution in [3.05, 3.63) is 65.0 Å². The predicted molar refractivity (Wildman–Crippen MR) is 111 cm³/mol. The molecule has 0 fully saturated rings. The lowest BCUT2D eigenvalue weighted by molar-refractivity contribution is -0.115. The summed E-state index contributed by atoms with van der Waals surface area (Å²) in [4.78, 5) is 30.1. The molecule has 0 aliphatic rings. The van der Waals surface area contributed by atoms with Crippen LogP contribution in [0.4, 0.5) is 5.13 Å². The van der Waals surface area contributed by atoms with Crippen LogP contribution < -0.4 is 15.4 Å². The maximum atomic E-state index is 12.4. The van der Waals surface area contributed by atoms with Crippen molar-refractivity contribution >= 4 is 28.3 Å². The van der Waals surface area contributed by atoms with Crippen LogP contribution in [0.15, 0.2) is 54.6 Å². The highest BCUT2D eigenvalue weighted by atomic mass is 32.1. The smallest absolute Gasteiger partial charge is 0.255 e. The minimum absolute atomic E-state index is 0.154. The Morgan fingerprint density at radius 2 is 1.79 bits per heavy atom. The van der Waals surface area contributed by atoms with Crippen LogP contribution >= 0.6 is 11.3 Å². The number of amides is 2. The second-order valence-corrected chi connectivity index (χ2v) is 7.15. The highest BCUT2D eigenvalue weighted by Gasteiger charge is 2.15. The van der Waals surface area contributed by atoms with Gasteiger partial charge in [0.05, 0.1) is 24.4 Å². The van der Waals surface area contributed by atoms with Crippen molar-refractivity contribution in [2.45, 2.75) is 13.8 Å². The molecular formula is C21H21N3O3S. The first-order valence-corrected chi connectivity index (χ1v) is 9.73. The van der Waals surface area contributed by atoms with E-state index in [1.807, 2.05) is 44.2 Å². The number of benzene rings is 2. The van der Waals surface area contributed by atoms with E-state index in [-0.39, 0.29) is 18.4 Å². The number of hydrogen-bond donors (Lipinski definition) is 2. The normalized spacial score (nSPS) is 10.4. The van der Waals surface area contributed by atoms with Crippen molar-refractivity contribution < 1.29 is 14.3 Å². The second-order valence-electron chi connectivity index (χ2n) is 5.95. The number of hydrogen-bond acceptors (Lipinski definition) is 5. The van der Waals surface area contributed by atoms with Gasteiger partial charge in [-0.2, -0.15) is 0 Å². The van der Waals surface area contributed by atoms with Gasteiger partial charge in [-0.15, -0.1) is 11.3 Å². The van der Waals surface area contributed by atoms with E-state index in [9.17, 15) is 9.59 Å². The van der Waals surface area contributed by atoms with Crippen LogP contribution in [-0.2, 0) is 4.79 Å². The Kier molecular flexibility index (Phi) is 6.39. The van der Waals surface area contributed by atoms with Crippen molar-refractivity contribution in [3.8, 4) is 17.0 Å². The first-order chi connectivity index (χ1) is 13.6. The summed E-state index contributed by atoms with van der Waals surface area (Å²) >= 11 is 1.40. The molecule has 0 atom stereocenters. The lowest BCUT2D eigenvalue weighted by Gasteiger charge is -2.10. The molecule has 2 N–H and O–H groups in total. The number of para-hydroxylation sites is 1. The summed E-state index contributed by atoms with van der Waals surface area (Å²) in [5.74, 6) is -0.207. The molecule has 0 radical (unpaired) electrons. The zero-order chi connectivity index (χ0) is 19.9. The number of nitrogens with one attached hydrogen (secondary N) is 2. The lowest BCUT2D eigenvalue weighted by Crippen LogP contribution is -2.33. The Morgan fingerprint density at radius 3 is 2.54 bits per heavy atom. The molecule has 3 aromatic rings. The Morgan fingerprint density at radius 1 is 1.07 bits per heavy atom. The number of aryl methyl sites for hydroxylation is 1. The van der Waals surface area contributed by atoms with E-state index in [2.05, 4.69) is 15.6 Å². The van der Waals surface area contributed by atoms with E-state index in [4.69, 9.17) is 4.74 Å². The van der Waals surface area contributed by atoms with Crippen molar-refractivity contribution in [3.63, 3.8) is 0 Å². The van der Waals surface area contributed by atoms with Crippen LogP contribution in [0.2, 0.25) is 0 Å². The molecule has 0 unspecified atom stereocenters. The predicted octanol–water partition coefficient (Wildman–Crippen LogP) is 3.89. The highest BCUT2D eigenvalue weighted by Crippen LogP contribution is 2.30. The monoisotopic (exact) mass is 395 g/mol. The first-order valence-electron chi connectivity index (χ1n) is 8.91. The molecule has 0 bridgehead atoms. The topological polar surface area (TPSA) is 80.3 Å². The van der Waals surface area contributed by atoms with Crippen LogP contribution in [0.3, 0.4) is 0 Å². The number of thiazole rings is 1. The molecule has 2 aromatic carbocycles. The van der Waals surface area contributed by atoms with E-state index in [1.165, 1.54) is 11.3 Å². The standard InChI is InChI=1S/C21H21N3O3S/c1-3-27-17-12-8-7-11-16(17)20(26)22-13-18(25)23-21-24-19(14(2)28-21)15-9-5-4-6-10-15/h4-12H,3,13H2,1-2H3,(H,22,26)(H,23,24,25). The molecule has 6 nitrogen and oxygen atoms in total. The quantitative estimate of drug-likeness (QED) is 0.636. The average Bonchev–Trinajstić information content (AvgIpc) is 3.07. The number of carbonyl (C=O) groups is 2. The van der Waals surface area contributed by atoms with Gasteiger partial charge in [0.25, 0.3) is 5.91 Å². The number of aromatic nitrogens is 1. The van der Waals surface area contributed by atoms with Crippen molar-refractivity contribution in [2.75, 3.05) is 18.5 Å². The van der Waals surface area contributed by atoms with E-state index < -0.39 is 0 Å². The molecule has 0 spiro atoms. The fraction of sp³-hybridized carbons (Fsp3) is 0.190. The Hall–Kier alpha value is -3.19. The maximum absolute atomic E-state index is 12.4. The van der Waals surface area contributed by atoms with Gasteiger partial charge in [0.2, 0.25) is 5.91 Å². The summed E-state index contributed by atoms with van der Waals surface area (Å²) in [6.45, 7) is 4.11. The summed E-state index contributed by atoms with van der Waals surface area (Å²) in [5.41, 5.74) is 2.24. The summed E-state index contributed by atoms with van der Waals surface area (Å²) in [5, 5.41) is 5.86. The van der Waals surface area contributed by atoms with Crippen molar-refractivity contribution in [1.29, 1.82) is 0 Å². The zero-order valence-electron chi connectivity index (χ0n) is 15.7. The molecular weight excluding hydrogens is 374 g/mol. The second kappa shape index (κ2) is 9.14. The molecule has 0 saturated carbocycles. The maximum Gasteiger partial charge on any atom is 0.255 e. The van der Waals surface area contributed by atoms with E-state index in [0.717, 1.165) is 16.1 Å². The van der Waals surface area contributed by atoms with Gasteiger partial charge in [0.15, 0.2) is 5.13 Å². The van der Waals surface area contributed by atoms with Gasteiger partial charge in [-0.25, -0.2) is 4.98 Å². The number of carbonyl (C=O) groups excluding carboxylic acids is 2. The van der Waals surface area contributed by atoms with Gasteiger partial charge in [-0.3, -0.25) is 9.59 Å². The largest absolute Gasteiger partial charge is 0.493 e. The fourth-order valence-electron chi connectivity index (χ4n) is 2.67. The zero-order valence-corrected chi connectivity index (χ0v) is 16.5. The third-order valence-electron chi connectivity index (χ3n) is 3.93. The third kappa shape index (κ3) is 4.75. The number of rotatable bonds is 7. The van der Waals surface area contributed by atoms with E-state index in [1.54, 1.807) is 24.3 Å². The number of anilines is 1. The molecule has 28 heavy (non-hydrogen) atoms. The Balaban J connectivity index is 1.60. The van der Waals surface area contributed by atoms with E-state index in [0.29, 0.717) is 23.1 Å². The van der Waals surface area contributed by atoms with Crippen LogP contribution in [0.5, 0.6) is 5.75 Å². The third-order valence-corrected chi connectivity index (χ3v) is 4.82. The molecule has 7 heteroatoms. The fourth-order valence-corrected chi connectivity index (χ4v) is 3.52. The Labute approximate surface area is 167 Å². The molecule has 2 amide bonds. The van der Waals surface area contributed by atoms with Gasteiger partial charge in [0, 0.05) is 10.4 Å². The lowest BCUT2D eigenvalue weighted by atomic mass is 10.1.